The number of carboxylic acids is 1. The molecule has 0 radical (unpaired) electrons. The molecule has 1 aromatic carbocycles. The summed E-state index contributed by atoms with van der Waals surface area (Å²) in [6.07, 6.45) is 2.63. The fraction of sp³-hybridized carbons (Fsp3) is 0.467. The second-order valence-corrected chi connectivity index (χ2v) is 5.58. The number of aryl methyl sites for hydroxylation is 1. The van der Waals surface area contributed by atoms with Crippen molar-refractivity contribution in [3.05, 3.63) is 33.9 Å². The van der Waals surface area contributed by atoms with E-state index in [-0.39, 0.29) is 11.6 Å². The summed E-state index contributed by atoms with van der Waals surface area (Å²) < 4.78 is 0. The van der Waals surface area contributed by atoms with E-state index in [1.165, 1.54) is 6.07 Å². The van der Waals surface area contributed by atoms with E-state index < -0.39 is 22.7 Å². The SMILES string of the molecule is Cc1ccc(NC(=O)[C@@H]2CCCC[C@H]2C(=O)O)cc1[N+](=O)[O-]. The largest absolute Gasteiger partial charge is 0.481 e. The van der Waals surface area contributed by atoms with Crippen LogP contribution in [0.5, 0.6) is 0 Å². The number of benzene rings is 1. The number of carbonyl (C=O) groups excluding carboxylic acids is 1. The zero-order chi connectivity index (χ0) is 16.3. The molecule has 0 bridgehead atoms. The van der Waals surface area contributed by atoms with E-state index in [2.05, 4.69) is 5.32 Å². The van der Waals surface area contributed by atoms with Crippen LogP contribution in [0.15, 0.2) is 18.2 Å². The molecule has 7 nitrogen and oxygen atoms in total. The van der Waals surface area contributed by atoms with Gasteiger partial charge in [-0.1, -0.05) is 18.9 Å². The molecule has 0 spiro atoms. The van der Waals surface area contributed by atoms with E-state index in [9.17, 15) is 24.8 Å². The van der Waals surface area contributed by atoms with Crippen LogP contribution in [-0.2, 0) is 9.59 Å². The predicted molar refractivity (Wildman–Crippen MR) is 79.5 cm³/mol. The monoisotopic (exact) mass is 306 g/mol. The molecule has 1 saturated carbocycles. The van der Waals surface area contributed by atoms with Gasteiger partial charge in [0.05, 0.1) is 16.8 Å². The fourth-order valence-electron chi connectivity index (χ4n) is 2.86. The van der Waals surface area contributed by atoms with Gasteiger partial charge in [-0.15, -0.1) is 0 Å². The molecule has 1 amide bonds. The topological polar surface area (TPSA) is 110 Å². The van der Waals surface area contributed by atoms with Crippen molar-refractivity contribution in [1.29, 1.82) is 0 Å². The summed E-state index contributed by atoms with van der Waals surface area (Å²) in [7, 11) is 0. The predicted octanol–water partition coefficient (Wildman–Crippen LogP) is 2.73. The third-order valence-corrected chi connectivity index (χ3v) is 4.09. The summed E-state index contributed by atoms with van der Waals surface area (Å²) in [6, 6.07) is 4.44. The number of nitro groups is 1. The first kappa shape index (κ1) is 15.9. The Morgan fingerprint density at radius 2 is 1.91 bits per heavy atom. The van der Waals surface area contributed by atoms with Gasteiger partial charge in [0.25, 0.3) is 5.69 Å². The maximum absolute atomic E-state index is 12.3. The molecule has 0 aromatic heterocycles. The Balaban J connectivity index is 2.16. The van der Waals surface area contributed by atoms with Crippen molar-refractivity contribution in [2.45, 2.75) is 32.6 Å². The van der Waals surface area contributed by atoms with Gasteiger partial charge in [0, 0.05) is 17.3 Å². The number of nitrogens with one attached hydrogen (secondary N) is 1. The Kier molecular flexibility index (Phi) is 4.75. The Morgan fingerprint density at radius 1 is 1.27 bits per heavy atom. The minimum atomic E-state index is -0.963. The maximum atomic E-state index is 12.3. The van der Waals surface area contributed by atoms with Gasteiger partial charge in [0.2, 0.25) is 5.91 Å². The van der Waals surface area contributed by atoms with Crippen LogP contribution < -0.4 is 5.32 Å². The number of carboxylic acid groups (broad SMARTS) is 1. The molecule has 22 heavy (non-hydrogen) atoms. The molecular weight excluding hydrogens is 288 g/mol. The van der Waals surface area contributed by atoms with E-state index in [1.54, 1.807) is 19.1 Å². The summed E-state index contributed by atoms with van der Waals surface area (Å²) >= 11 is 0. The lowest BCUT2D eigenvalue weighted by atomic mass is 9.78. The molecule has 0 saturated heterocycles. The number of nitro benzene ring substituents is 1. The molecule has 0 unspecified atom stereocenters. The van der Waals surface area contributed by atoms with E-state index in [4.69, 9.17) is 0 Å². The van der Waals surface area contributed by atoms with Crippen LogP contribution in [-0.4, -0.2) is 21.9 Å². The normalized spacial score (nSPS) is 21.1. The minimum absolute atomic E-state index is 0.0729. The molecule has 2 atom stereocenters. The second kappa shape index (κ2) is 6.55. The van der Waals surface area contributed by atoms with Gasteiger partial charge in [-0.3, -0.25) is 19.7 Å². The van der Waals surface area contributed by atoms with Crippen molar-refractivity contribution < 1.29 is 19.6 Å². The van der Waals surface area contributed by atoms with Crippen LogP contribution >= 0.6 is 0 Å². The first-order chi connectivity index (χ1) is 10.4. The first-order valence-corrected chi connectivity index (χ1v) is 7.19. The first-order valence-electron chi connectivity index (χ1n) is 7.19. The van der Waals surface area contributed by atoms with Crippen LogP contribution in [0.2, 0.25) is 0 Å². The van der Waals surface area contributed by atoms with Crippen LogP contribution in [0.3, 0.4) is 0 Å². The van der Waals surface area contributed by atoms with E-state index >= 15 is 0 Å². The summed E-state index contributed by atoms with van der Waals surface area (Å²) in [6.45, 7) is 1.62. The van der Waals surface area contributed by atoms with Gasteiger partial charge in [-0.2, -0.15) is 0 Å². The van der Waals surface area contributed by atoms with Crippen molar-refractivity contribution in [3.63, 3.8) is 0 Å². The van der Waals surface area contributed by atoms with Gasteiger partial charge in [-0.25, -0.2) is 0 Å². The maximum Gasteiger partial charge on any atom is 0.307 e. The standard InChI is InChI=1S/C15H18N2O5/c1-9-6-7-10(8-13(9)17(21)22)16-14(18)11-4-2-3-5-12(11)15(19)20/h6-8,11-12H,2-5H2,1H3,(H,16,18)(H,19,20)/t11-,12-/m1/s1. The molecule has 7 heteroatoms. The molecular formula is C15H18N2O5. The Morgan fingerprint density at radius 3 is 2.50 bits per heavy atom. The number of rotatable bonds is 4. The molecule has 0 aliphatic heterocycles. The van der Waals surface area contributed by atoms with E-state index in [1.807, 2.05) is 0 Å². The molecule has 2 N–H and O–H groups in total. The quantitative estimate of drug-likeness (QED) is 0.656. The average Bonchev–Trinajstić information content (AvgIpc) is 2.48. The lowest BCUT2D eigenvalue weighted by molar-refractivity contribution is -0.385. The minimum Gasteiger partial charge on any atom is -0.481 e. The van der Waals surface area contributed by atoms with Gasteiger partial charge in [-0.05, 0) is 25.8 Å². The van der Waals surface area contributed by atoms with Crippen LogP contribution in [0.25, 0.3) is 0 Å². The van der Waals surface area contributed by atoms with Gasteiger partial charge in [0.1, 0.15) is 0 Å². The van der Waals surface area contributed by atoms with Crippen molar-refractivity contribution in [2.24, 2.45) is 11.8 Å². The number of hydrogen-bond acceptors (Lipinski definition) is 4. The Hall–Kier alpha value is -2.44. The number of anilines is 1. The zero-order valence-corrected chi connectivity index (χ0v) is 12.2. The van der Waals surface area contributed by atoms with Crippen LogP contribution in [0, 0.1) is 28.9 Å². The average molecular weight is 306 g/mol. The number of carbonyl (C=O) groups is 2. The summed E-state index contributed by atoms with van der Waals surface area (Å²) in [5, 5.41) is 22.7. The van der Waals surface area contributed by atoms with Crippen molar-refractivity contribution in [3.8, 4) is 0 Å². The van der Waals surface area contributed by atoms with Crippen molar-refractivity contribution in [2.75, 3.05) is 5.32 Å². The van der Waals surface area contributed by atoms with Crippen molar-refractivity contribution in [1.82, 2.24) is 0 Å². The van der Waals surface area contributed by atoms with Crippen LogP contribution in [0.4, 0.5) is 11.4 Å². The number of hydrogen-bond donors (Lipinski definition) is 2. The van der Waals surface area contributed by atoms with E-state index in [0.717, 1.165) is 12.8 Å². The van der Waals surface area contributed by atoms with Crippen LogP contribution in [0.1, 0.15) is 31.2 Å². The third kappa shape index (κ3) is 3.41. The molecule has 2 rings (SSSR count). The highest BCUT2D eigenvalue weighted by atomic mass is 16.6. The molecule has 118 valence electrons. The molecule has 1 aromatic rings. The lowest BCUT2D eigenvalue weighted by Gasteiger charge is -2.27. The molecule has 1 fully saturated rings. The summed E-state index contributed by atoms with van der Waals surface area (Å²) in [4.78, 5) is 34.0. The van der Waals surface area contributed by atoms with Gasteiger partial charge in [0.15, 0.2) is 0 Å². The lowest BCUT2D eigenvalue weighted by Crippen LogP contribution is -2.36. The Labute approximate surface area is 127 Å². The highest BCUT2D eigenvalue weighted by Gasteiger charge is 2.35. The number of nitrogens with zero attached hydrogens (tertiary/aromatic N) is 1. The third-order valence-electron chi connectivity index (χ3n) is 4.09. The smallest absolute Gasteiger partial charge is 0.307 e. The molecule has 0 heterocycles. The summed E-state index contributed by atoms with van der Waals surface area (Å²) in [5.74, 6) is -2.62. The van der Waals surface area contributed by atoms with Gasteiger partial charge < -0.3 is 10.4 Å². The molecule has 1 aliphatic rings. The highest BCUT2D eigenvalue weighted by Crippen LogP contribution is 2.31. The zero-order valence-electron chi connectivity index (χ0n) is 12.2. The van der Waals surface area contributed by atoms with E-state index in [0.29, 0.717) is 24.1 Å². The highest BCUT2D eigenvalue weighted by molar-refractivity contribution is 5.95. The van der Waals surface area contributed by atoms with Gasteiger partial charge >= 0.3 is 5.97 Å². The van der Waals surface area contributed by atoms with Crippen molar-refractivity contribution >= 4 is 23.3 Å². The summed E-state index contributed by atoms with van der Waals surface area (Å²) in [5.41, 5.74) is 0.748. The second-order valence-electron chi connectivity index (χ2n) is 5.58. The number of aliphatic carboxylic acids is 1. The Bertz CT molecular complexity index is 614. The molecule has 1 aliphatic carbocycles. The fourth-order valence-corrected chi connectivity index (χ4v) is 2.86. The number of amides is 1.